The summed E-state index contributed by atoms with van der Waals surface area (Å²) >= 11 is 1.61. The number of nitrogens with zero attached hydrogens (tertiary/aromatic N) is 5. The van der Waals surface area contributed by atoms with Gasteiger partial charge in [-0.15, -0.1) is 11.3 Å². The SMILES string of the molecule is CCC(=O)N1CCc2c(nc(C)n2C2CC3CCC(C2)N3CC[C@H](NC(C)=O)c2nccs2)C1. The molecule has 2 amide bonds. The van der Waals surface area contributed by atoms with Crippen LogP contribution < -0.4 is 5.32 Å². The quantitative estimate of drug-likeness (QED) is 0.651. The maximum absolute atomic E-state index is 12.2. The van der Waals surface area contributed by atoms with Gasteiger partial charge in [0.1, 0.15) is 10.8 Å². The van der Waals surface area contributed by atoms with Crippen molar-refractivity contribution < 1.29 is 9.59 Å². The highest BCUT2D eigenvalue weighted by Gasteiger charge is 2.42. The normalized spacial score (nSPS) is 25.3. The minimum Gasteiger partial charge on any atom is -0.347 e. The summed E-state index contributed by atoms with van der Waals surface area (Å²) in [5.41, 5.74) is 2.45. The zero-order chi connectivity index (χ0) is 23.8. The molecule has 5 rings (SSSR count). The summed E-state index contributed by atoms with van der Waals surface area (Å²) in [5.74, 6) is 1.32. The predicted octanol–water partition coefficient (Wildman–Crippen LogP) is 3.38. The molecule has 0 saturated carbocycles. The van der Waals surface area contributed by atoms with Crippen LogP contribution in [0.1, 0.15) is 86.7 Å². The van der Waals surface area contributed by atoms with Crippen molar-refractivity contribution in [1.82, 2.24) is 29.7 Å². The van der Waals surface area contributed by atoms with Gasteiger partial charge in [0.25, 0.3) is 0 Å². The first kappa shape index (κ1) is 23.5. The maximum Gasteiger partial charge on any atom is 0.222 e. The first-order chi connectivity index (χ1) is 16.4. The summed E-state index contributed by atoms with van der Waals surface area (Å²) in [5, 5.41) is 6.07. The Morgan fingerprint density at radius 3 is 2.65 bits per heavy atom. The van der Waals surface area contributed by atoms with E-state index in [0.29, 0.717) is 31.1 Å². The van der Waals surface area contributed by atoms with Crippen molar-refractivity contribution >= 4 is 23.2 Å². The van der Waals surface area contributed by atoms with E-state index in [1.165, 1.54) is 18.5 Å². The molecule has 3 aliphatic rings. The van der Waals surface area contributed by atoms with Crippen LogP contribution in [0.4, 0.5) is 0 Å². The Balaban J connectivity index is 1.26. The Labute approximate surface area is 205 Å². The summed E-state index contributed by atoms with van der Waals surface area (Å²) in [7, 11) is 0. The van der Waals surface area contributed by atoms with Crippen molar-refractivity contribution in [2.75, 3.05) is 13.1 Å². The highest BCUT2D eigenvalue weighted by molar-refractivity contribution is 7.09. The van der Waals surface area contributed by atoms with Crippen LogP contribution in [0.5, 0.6) is 0 Å². The zero-order valence-corrected chi connectivity index (χ0v) is 21.3. The molecule has 0 radical (unpaired) electrons. The van der Waals surface area contributed by atoms with Crippen molar-refractivity contribution in [3.8, 4) is 0 Å². The molecule has 9 heteroatoms. The number of fused-ring (bicyclic) bond motifs is 3. The van der Waals surface area contributed by atoms with Crippen molar-refractivity contribution in [1.29, 1.82) is 0 Å². The van der Waals surface area contributed by atoms with Crippen LogP contribution >= 0.6 is 11.3 Å². The van der Waals surface area contributed by atoms with E-state index in [1.807, 2.05) is 23.4 Å². The summed E-state index contributed by atoms with van der Waals surface area (Å²) in [4.78, 5) is 38.0. The van der Waals surface area contributed by atoms with E-state index in [9.17, 15) is 9.59 Å². The number of imidazole rings is 1. The molecule has 8 nitrogen and oxygen atoms in total. The fourth-order valence-electron chi connectivity index (χ4n) is 6.47. The Morgan fingerprint density at radius 1 is 1.24 bits per heavy atom. The van der Waals surface area contributed by atoms with Crippen molar-refractivity contribution in [2.45, 2.75) is 96.4 Å². The van der Waals surface area contributed by atoms with Gasteiger partial charge in [-0.3, -0.25) is 14.5 Å². The molecule has 5 heterocycles. The number of rotatable bonds is 7. The molecule has 0 aromatic carbocycles. The van der Waals surface area contributed by atoms with Crippen LogP contribution in [-0.2, 0) is 22.6 Å². The summed E-state index contributed by atoms with van der Waals surface area (Å²) in [6.45, 7) is 8.09. The smallest absolute Gasteiger partial charge is 0.222 e. The number of amides is 2. The largest absolute Gasteiger partial charge is 0.347 e. The van der Waals surface area contributed by atoms with Gasteiger partial charge in [-0.2, -0.15) is 0 Å². The summed E-state index contributed by atoms with van der Waals surface area (Å²) in [6, 6.07) is 1.64. The highest BCUT2D eigenvalue weighted by Crippen LogP contribution is 2.43. The fourth-order valence-corrected chi connectivity index (χ4v) is 7.19. The number of aryl methyl sites for hydroxylation is 1. The Hall–Kier alpha value is -2.26. The standard InChI is InChI=1S/C25H36N6O2S/c1-4-24(33)29-10-8-23-22(15-29)27-16(2)31(23)20-13-18-5-6-19(14-20)30(18)11-7-21(28-17(3)32)25-26-9-12-34-25/h9,12,18-21H,4-8,10-11,13-15H2,1-3H3,(H,28,32)/t18?,19?,20?,21-/m0/s1. The van der Waals surface area contributed by atoms with Crippen LogP contribution in [0.3, 0.4) is 0 Å². The molecule has 1 N–H and O–H groups in total. The molecule has 2 aromatic rings. The number of nitrogens with one attached hydrogen (secondary N) is 1. The van der Waals surface area contributed by atoms with Gasteiger partial charge in [-0.1, -0.05) is 6.92 Å². The van der Waals surface area contributed by atoms with Gasteiger partial charge in [0.05, 0.1) is 18.3 Å². The molecule has 0 spiro atoms. The van der Waals surface area contributed by atoms with Gasteiger partial charge in [-0.05, 0) is 39.0 Å². The average Bonchev–Trinajstić information content (AvgIpc) is 3.51. The van der Waals surface area contributed by atoms with Crippen molar-refractivity contribution in [2.24, 2.45) is 0 Å². The number of piperidine rings is 1. The van der Waals surface area contributed by atoms with Gasteiger partial charge >= 0.3 is 0 Å². The number of hydrogen-bond acceptors (Lipinski definition) is 6. The number of carbonyl (C=O) groups excluding carboxylic acids is 2. The number of hydrogen-bond donors (Lipinski definition) is 1. The highest BCUT2D eigenvalue weighted by atomic mass is 32.1. The molecule has 3 atom stereocenters. The van der Waals surface area contributed by atoms with Gasteiger partial charge in [0.2, 0.25) is 11.8 Å². The minimum atomic E-state index is -0.00804. The molecule has 2 saturated heterocycles. The van der Waals surface area contributed by atoms with E-state index in [0.717, 1.165) is 55.3 Å². The van der Waals surface area contributed by atoms with Crippen LogP contribution in [0.25, 0.3) is 0 Å². The van der Waals surface area contributed by atoms with E-state index in [1.54, 1.807) is 18.3 Å². The molecule has 3 aliphatic heterocycles. The van der Waals surface area contributed by atoms with Crippen LogP contribution in [0.2, 0.25) is 0 Å². The molecule has 34 heavy (non-hydrogen) atoms. The summed E-state index contributed by atoms with van der Waals surface area (Å²) < 4.78 is 2.52. The summed E-state index contributed by atoms with van der Waals surface area (Å²) in [6.07, 6.45) is 8.97. The zero-order valence-electron chi connectivity index (χ0n) is 20.5. The number of thiazole rings is 1. The second-order valence-electron chi connectivity index (χ2n) is 10.0. The lowest BCUT2D eigenvalue weighted by Crippen LogP contribution is -2.45. The van der Waals surface area contributed by atoms with E-state index < -0.39 is 0 Å². The van der Waals surface area contributed by atoms with E-state index in [4.69, 9.17) is 4.98 Å². The average molecular weight is 485 g/mol. The fraction of sp³-hybridized carbons (Fsp3) is 0.680. The maximum atomic E-state index is 12.2. The lowest BCUT2D eigenvalue weighted by molar-refractivity contribution is -0.131. The van der Waals surface area contributed by atoms with E-state index in [2.05, 4.69) is 26.7 Å². The second-order valence-corrected chi connectivity index (χ2v) is 10.9. The molecular weight excluding hydrogens is 448 g/mol. The Morgan fingerprint density at radius 2 is 2.00 bits per heavy atom. The van der Waals surface area contributed by atoms with Crippen molar-refractivity contribution in [3.63, 3.8) is 0 Å². The monoisotopic (exact) mass is 484 g/mol. The molecule has 2 fully saturated rings. The van der Waals surface area contributed by atoms with Crippen LogP contribution in [0.15, 0.2) is 11.6 Å². The van der Waals surface area contributed by atoms with Crippen LogP contribution in [0, 0.1) is 6.92 Å². The van der Waals surface area contributed by atoms with Crippen molar-refractivity contribution in [3.05, 3.63) is 33.8 Å². The Bertz CT molecular complexity index is 1020. The molecular formula is C25H36N6O2S. The lowest BCUT2D eigenvalue weighted by atomic mass is 9.95. The molecule has 2 aromatic heterocycles. The topological polar surface area (TPSA) is 83.4 Å². The van der Waals surface area contributed by atoms with Gasteiger partial charge in [0, 0.05) is 68.3 Å². The van der Waals surface area contributed by atoms with E-state index >= 15 is 0 Å². The van der Waals surface area contributed by atoms with Gasteiger partial charge in [0.15, 0.2) is 0 Å². The van der Waals surface area contributed by atoms with Crippen LogP contribution in [-0.4, -0.2) is 61.3 Å². The molecule has 184 valence electrons. The number of aromatic nitrogens is 3. The first-order valence-corrected chi connectivity index (χ1v) is 13.6. The Kier molecular flexibility index (Phi) is 6.75. The third kappa shape index (κ3) is 4.52. The first-order valence-electron chi connectivity index (χ1n) is 12.7. The third-order valence-corrected chi connectivity index (χ3v) is 8.80. The van der Waals surface area contributed by atoms with Gasteiger partial charge < -0.3 is 14.8 Å². The minimum absolute atomic E-state index is 0.00133. The van der Waals surface area contributed by atoms with Gasteiger partial charge in [-0.25, -0.2) is 9.97 Å². The molecule has 2 unspecified atom stereocenters. The lowest BCUT2D eigenvalue weighted by Gasteiger charge is -2.41. The number of carbonyl (C=O) groups is 2. The predicted molar refractivity (Wildman–Crippen MR) is 131 cm³/mol. The second kappa shape index (κ2) is 9.77. The molecule has 0 aliphatic carbocycles. The van der Waals surface area contributed by atoms with E-state index in [-0.39, 0.29) is 17.9 Å². The third-order valence-electron chi connectivity index (χ3n) is 7.91. The molecule has 2 bridgehead atoms.